The molecular weight excluding hydrogens is 228 g/mol. The number of carbonyl (C=O) groups is 1. The first-order valence-electron chi connectivity index (χ1n) is 6.77. The van der Waals surface area contributed by atoms with E-state index in [0.29, 0.717) is 11.8 Å². The van der Waals surface area contributed by atoms with E-state index in [4.69, 9.17) is 4.74 Å². The summed E-state index contributed by atoms with van der Waals surface area (Å²) in [4.78, 5) is 12.1. The van der Waals surface area contributed by atoms with Crippen LogP contribution in [0, 0.1) is 0 Å². The summed E-state index contributed by atoms with van der Waals surface area (Å²) in [6.45, 7) is 5.65. The lowest BCUT2D eigenvalue weighted by Crippen LogP contribution is -2.28. The summed E-state index contributed by atoms with van der Waals surface area (Å²) < 4.78 is 6.91. The van der Waals surface area contributed by atoms with E-state index in [1.807, 2.05) is 20.8 Å². The molecule has 2 fully saturated rings. The predicted molar refractivity (Wildman–Crippen MR) is 67.8 cm³/mol. The van der Waals surface area contributed by atoms with E-state index in [2.05, 4.69) is 11.2 Å². The minimum absolute atomic E-state index is 0.337. The number of carbonyl (C=O) groups excluding carboxylic acids is 1. The van der Waals surface area contributed by atoms with Crippen LogP contribution in [0.3, 0.4) is 0 Å². The van der Waals surface area contributed by atoms with Crippen molar-refractivity contribution in [2.75, 3.05) is 0 Å². The molecule has 0 N–H and O–H groups in total. The number of nitrogens with zero attached hydrogens (tertiary/aromatic N) is 2. The van der Waals surface area contributed by atoms with Crippen molar-refractivity contribution in [3.05, 3.63) is 17.5 Å². The molecule has 1 aromatic rings. The van der Waals surface area contributed by atoms with Gasteiger partial charge in [-0.25, -0.2) is 4.79 Å². The Bertz CT molecular complexity index is 476. The Hall–Kier alpha value is -1.32. The van der Waals surface area contributed by atoms with Gasteiger partial charge in [-0.05, 0) is 52.5 Å². The first kappa shape index (κ1) is 11.8. The van der Waals surface area contributed by atoms with Crippen molar-refractivity contribution in [2.45, 2.75) is 63.9 Å². The van der Waals surface area contributed by atoms with Crippen molar-refractivity contribution >= 4 is 6.09 Å². The van der Waals surface area contributed by atoms with Gasteiger partial charge in [-0.15, -0.1) is 0 Å². The highest BCUT2D eigenvalue weighted by Gasteiger charge is 2.35. The quantitative estimate of drug-likeness (QED) is 0.805. The smallest absolute Gasteiger partial charge is 0.435 e. The standard InChI is InChI=1S/C14H20N2O2/c1-14(2,3)18-13(17)16-12(10-6-7-10)8-11(15-16)9-4-5-9/h8-10H,4-7H2,1-3H3. The monoisotopic (exact) mass is 248 g/mol. The van der Waals surface area contributed by atoms with E-state index in [1.54, 1.807) is 0 Å². The van der Waals surface area contributed by atoms with Gasteiger partial charge >= 0.3 is 6.09 Å². The minimum atomic E-state index is -0.469. The summed E-state index contributed by atoms with van der Waals surface area (Å²) in [5, 5.41) is 4.46. The molecule has 0 aromatic carbocycles. The third kappa shape index (κ3) is 2.42. The highest BCUT2D eigenvalue weighted by atomic mass is 16.6. The van der Waals surface area contributed by atoms with Crippen molar-refractivity contribution in [1.29, 1.82) is 0 Å². The van der Waals surface area contributed by atoms with Gasteiger partial charge in [0.15, 0.2) is 0 Å². The number of rotatable bonds is 2. The fourth-order valence-electron chi connectivity index (χ4n) is 2.11. The normalized spacial score (nSPS) is 19.9. The van der Waals surface area contributed by atoms with Gasteiger partial charge in [0.05, 0.1) is 11.4 Å². The van der Waals surface area contributed by atoms with E-state index in [1.165, 1.54) is 30.4 Å². The molecular formula is C14H20N2O2. The van der Waals surface area contributed by atoms with E-state index < -0.39 is 5.60 Å². The molecule has 0 atom stereocenters. The number of hydrogen-bond acceptors (Lipinski definition) is 3. The fraction of sp³-hybridized carbons (Fsp3) is 0.714. The molecule has 18 heavy (non-hydrogen) atoms. The lowest BCUT2D eigenvalue weighted by atomic mass is 10.2. The van der Waals surface area contributed by atoms with Gasteiger partial charge in [-0.1, -0.05) is 0 Å². The second-order valence-electron chi connectivity index (χ2n) is 6.43. The second-order valence-corrected chi connectivity index (χ2v) is 6.43. The fourth-order valence-corrected chi connectivity index (χ4v) is 2.11. The summed E-state index contributed by atoms with van der Waals surface area (Å²) in [5.41, 5.74) is 1.65. The topological polar surface area (TPSA) is 44.1 Å². The Morgan fingerprint density at radius 2 is 1.89 bits per heavy atom. The average Bonchev–Trinajstić information content (AvgIpc) is 3.13. The maximum Gasteiger partial charge on any atom is 0.435 e. The summed E-state index contributed by atoms with van der Waals surface area (Å²) in [6, 6.07) is 2.11. The van der Waals surface area contributed by atoms with E-state index in [9.17, 15) is 4.79 Å². The summed E-state index contributed by atoms with van der Waals surface area (Å²) in [6.07, 6.45) is 4.40. The van der Waals surface area contributed by atoms with Crippen LogP contribution in [0.25, 0.3) is 0 Å². The van der Waals surface area contributed by atoms with Crippen LogP contribution in [0.5, 0.6) is 0 Å². The Kier molecular flexibility index (Phi) is 2.50. The molecule has 4 nitrogen and oxygen atoms in total. The van der Waals surface area contributed by atoms with E-state index >= 15 is 0 Å². The third-order valence-corrected chi connectivity index (χ3v) is 3.31. The zero-order chi connectivity index (χ0) is 12.9. The molecule has 0 aliphatic heterocycles. The summed E-state index contributed by atoms with van der Waals surface area (Å²) in [7, 11) is 0. The molecule has 4 heteroatoms. The van der Waals surface area contributed by atoms with Gasteiger partial charge in [0.25, 0.3) is 0 Å². The van der Waals surface area contributed by atoms with Crippen LogP contribution in [0.4, 0.5) is 4.79 Å². The SMILES string of the molecule is CC(C)(C)OC(=O)n1nc(C2CC2)cc1C1CC1. The molecule has 0 spiro atoms. The third-order valence-electron chi connectivity index (χ3n) is 3.31. The molecule has 0 unspecified atom stereocenters. The van der Waals surface area contributed by atoms with Crippen LogP contribution in [0.2, 0.25) is 0 Å². The lowest BCUT2D eigenvalue weighted by Gasteiger charge is -2.19. The van der Waals surface area contributed by atoms with Crippen LogP contribution in [0.1, 0.15) is 69.7 Å². The molecule has 2 aliphatic carbocycles. The maximum atomic E-state index is 12.1. The molecule has 2 aliphatic rings. The molecule has 1 aromatic heterocycles. The number of aromatic nitrogens is 2. The lowest BCUT2D eigenvalue weighted by molar-refractivity contribution is 0.0508. The molecule has 0 bridgehead atoms. The van der Waals surface area contributed by atoms with Crippen LogP contribution in [-0.2, 0) is 4.74 Å². The van der Waals surface area contributed by atoms with Crippen LogP contribution in [-0.4, -0.2) is 21.5 Å². The first-order chi connectivity index (χ1) is 8.44. The summed E-state index contributed by atoms with van der Waals surface area (Å²) >= 11 is 0. The molecule has 2 saturated carbocycles. The Morgan fingerprint density at radius 1 is 1.28 bits per heavy atom. The van der Waals surface area contributed by atoms with Gasteiger partial charge in [0.1, 0.15) is 5.60 Å². The molecule has 0 radical (unpaired) electrons. The molecule has 0 amide bonds. The molecule has 98 valence electrons. The maximum absolute atomic E-state index is 12.1. The average molecular weight is 248 g/mol. The minimum Gasteiger partial charge on any atom is -0.442 e. The van der Waals surface area contributed by atoms with Crippen molar-refractivity contribution < 1.29 is 9.53 Å². The zero-order valence-corrected chi connectivity index (χ0v) is 11.3. The summed E-state index contributed by atoms with van der Waals surface area (Å²) in [5.74, 6) is 1.09. The van der Waals surface area contributed by atoms with Crippen LogP contribution < -0.4 is 0 Å². The Balaban J connectivity index is 1.86. The molecule has 1 heterocycles. The van der Waals surface area contributed by atoms with Crippen molar-refractivity contribution in [3.8, 4) is 0 Å². The van der Waals surface area contributed by atoms with Crippen LogP contribution in [0.15, 0.2) is 6.07 Å². The van der Waals surface area contributed by atoms with Crippen LogP contribution >= 0.6 is 0 Å². The second kappa shape index (κ2) is 3.84. The Labute approximate surface area is 107 Å². The van der Waals surface area contributed by atoms with Gasteiger partial charge in [-0.3, -0.25) is 0 Å². The number of hydrogen-bond donors (Lipinski definition) is 0. The van der Waals surface area contributed by atoms with Gasteiger partial charge in [0.2, 0.25) is 0 Å². The van der Waals surface area contributed by atoms with Gasteiger partial charge < -0.3 is 4.74 Å². The van der Waals surface area contributed by atoms with E-state index in [-0.39, 0.29) is 6.09 Å². The first-order valence-corrected chi connectivity index (χ1v) is 6.77. The van der Waals surface area contributed by atoms with Crippen molar-refractivity contribution in [1.82, 2.24) is 9.78 Å². The van der Waals surface area contributed by atoms with Gasteiger partial charge in [0, 0.05) is 11.8 Å². The van der Waals surface area contributed by atoms with Gasteiger partial charge in [-0.2, -0.15) is 9.78 Å². The van der Waals surface area contributed by atoms with Crippen molar-refractivity contribution in [3.63, 3.8) is 0 Å². The highest BCUT2D eigenvalue weighted by molar-refractivity contribution is 5.71. The Morgan fingerprint density at radius 3 is 2.39 bits per heavy atom. The molecule has 3 rings (SSSR count). The molecule has 0 saturated heterocycles. The largest absolute Gasteiger partial charge is 0.442 e. The highest BCUT2D eigenvalue weighted by Crippen LogP contribution is 2.44. The zero-order valence-electron chi connectivity index (χ0n) is 11.3. The predicted octanol–water partition coefficient (Wildman–Crippen LogP) is 3.42. The van der Waals surface area contributed by atoms with Crippen molar-refractivity contribution in [2.24, 2.45) is 0 Å². The van der Waals surface area contributed by atoms with E-state index in [0.717, 1.165) is 11.4 Å². The number of ether oxygens (including phenoxy) is 1.